The molecule has 4 rings (SSSR count). The van der Waals surface area contributed by atoms with Crippen molar-refractivity contribution in [3.8, 4) is 0 Å². The molecule has 0 bridgehead atoms. The van der Waals surface area contributed by atoms with Crippen molar-refractivity contribution in [2.45, 2.75) is 31.4 Å². The Morgan fingerprint density at radius 3 is 3.11 bits per heavy atom. The van der Waals surface area contributed by atoms with Crippen molar-refractivity contribution in [1.29, 1.82) is 0 Å². The second-order valence-corrected chi connectivity index (χ2v) is 7.12. The molecule has 2 heterocycles. The summed E-state index contributed by atoms with van der Waals surface area (Å²) in [6.07, 6.45) is 3.97. The van der Waals surface area contributed by atoms with Crippen molar-refractivity contribution < 1.29 is 13.9 Å². The first-order chi connectivity index (χ1) is 13.1. The van der Waals surface area contributed by atoms with Gasteiger partial charge in [0.15, 0.2) is 0 Å². The van der Waals surface area contributed by atoms with Gasteiger partial charge >= 0.3 is 6.03 Å². The number of pyridine rings is 1. The Morgan fingerprint density at radius 1 is 1.37 bits per heavy atom. The van der Waals surface area contributed by atoms with E-state index < -0.39 is 0 Å². The molecule has 1 aromatic carbocycles. The molecule has 1 aliphatic carbocycles. The van der Waals surface area contributed by atoms with E-state index in [1.165, 1.54) is 12.1 Å². The van der Waals surface area contributed by atoms with E-state index in [1.807, 2.05) is 12.1 Å². The Morgan fingerprint density at radius 2 is 2.26 bits per heavy atom. The minimum Gasteiger partial charge on any atom is -0.370 e. The molecule has 6 nitrogen and oxygen atoms in total. The van der Waals surface area contributed by atoms with Gasteiger partial charge in [0.2, 0.25) is 0 Å². The van der Waals surface area contributed by atoms with Crippen LogP contribution in [0.5, 0.6) is 0 Å². The maximum absolute atomic E-state index is 13.5. The number of aryl methyl sites for hydroxylation is 1. The van der Waals surface area contributed by atoms with Crippen LogP contribution in [-0.2, 0) is 17.6 Å². The molecule has 1 saturated heterocycles. The largest absolute Gasteiger partial charge is 0.370 e. The summed E-state index contributed by atoms with van der Waals surface area (Å²) in [5.41, 5.74) is 9.60. The lowest BCUT2D eigenvalue weighted by atomic mass is 9.92. The van der Waals surface area contributed by atoms with Gasteiger partial charge in [-0.1, -0.05) is 12.1 Å². The minimum absolute atomic E-state index is 0.150. The number of hydrogen-bond donors (Lipinski definition) is 2. The van der Waals surface area contributed by atoms with Gasteiger partial charge in [-0.25, -0.2) is 9.18 Å². The second-order valence-electron chi connectivity index (χ2n) is 7.12. The number of carbonyl (C=O) groups is 1. The van der Waals surface area contributed by atoms with Crippen LogP contribution in [0.25, 0.3) is 0 Å². The molecule has 2 aromatic rings. The Hall–Kier alpha value is -2.51. The van der Waals surface area contributed by atoms with Crippen molar-refractivity contribution in [2.75, 3.05) is 25.0 Å². The van der Waals surface area contributed by atoms with Gasteiger partial charge in [0.05, 0.1) is 25.0 Å². The summed E-state index contributed by atoms with van der Waals surface area (Å²) in [6, 6.07) is 8.21. The summed E-state index contributed by atoms with van der Waals surface area (Å²) in [5, 5.41) is 2.91. The highest BCUT2D eigenvalue weighted by Gasteiger charge is 2.26. The van der Waals surface area contributed by atoms with Crippen LogP contribution in [0.1, 0.15) is 29.3 Å². The van der Waals surface area contributed by atoms with Crippen LogP contribution in [-0.4, -0.2) is 41.7 Å². The van der Waals surface area contributed by atoms with Gasteiger partial charge in [-0.15, -0.1) is 0 Å². The average molecular weight is 370 g/mol. The van der Waals surface area contributed by atoms with Crippen LogP contribution < -0.4 is 11.1 Å². The fourth-order valence-corrected chi connectivity index (χ4v) is 3.66. The third-order valence-electron chi connectivity index (χ3n) is 5.12. The van der Waals surface area contributed by atoms with Gasteiger partial charge < -0.3 is 20.7 Å². The van der Waals surface area contributed by atoms with E-state index in [9.17, 15) is 9.18 Å². The summed E-state index contributed by atoms with van der Waals surface area (Å²) in [5.74, 6) is -0.309. The molecule has 3 N–H and O–H groups in total. The number of urea groups is 1. The average Bonchev–Trinajstić information content (AvgIpc) is 2.68. The zero-order chi connectivity index (χ0) is 18.8. The van der Waals surface area contributed by atoms with Gasteiger partial charge in [0.25, 0.3) is 0 Å². The first kappa shape index (κ1) is 17.9. The Balaban J connectivity index is 1.43. The Bertz CT molecular complexity index is 844. The van der Waals surface area contributed by atoms with Crippen molar-refractivity contribution in [3.63, 3.8) is 0 Å². The number of morpholine rings is 1. The molecule has 7 heteroatoms. The number of halogens is 1. The van der Waals surface area contributed by atoms with Crippen LogP contribution in [0.3, 0.4) is 0 Å². The van der Waals surface area contributed by atoms with Crippen molar-refractivity contribution in [2.24, 2.45) is 5.73 Å². The molecular formula is C20H23FN4O2. The zero-order valence-electron chi connectivity index (χ0n) is 15.0. The molecule has 27 heavy (non-hydrogen) atoms. The summed E-state index contributed by atoms with van der Waals surface area (Å²) in [4.78, 5) is 18.8. The van der Waals surface area contributed by atoms with E-state index in [4.69, 9.17) is 10.5 Å². The number of nitrogens with zero attached hydrogens (tertiary/aromatic N) is 2. The lowest BCUT2D eigenvalue weighted by Crippen LogP contribution is -2.44. The number of aromatic nitrogens is 1. The fourth-order valence-electron chi connectivity index (χ4n) is 3.66. The van der Waals surface area contributed by atoms with Gasteiger partial charge in [0.1, 0.15) is 11.9 Å². The smallest absolute Gasteiger partial charge is 0.322 e. The Labute approximate surface area is 157 Å². The van der Waals surface area contributed by atoms with E-state index >= 15 is 0 Å². The SMILES string of the molecule is NC1CCc2ncc(NC(=O)N3CCOC(c4cccc(F)c4)C3)cc2C1. The Kier molecular flexibility index (Phi) is 5.05. The second kappa shape index (κ2) is 7.62. The highest BCUT2D eigenvalue weighted by atomic mass is 19.1. The normalized spacial score (nSPS) is 22.2. The predicted octanol–water partition coefficient (Wildman–Crippen LogP) is 2.64. The van der Waals surface area contributed by atoms with Gasteiger partial charge in [-0.3, -0.25) is 4.98 Å². The highest BCUT2D eigenvalue weighted by Crippen LogP contribution is 2.25. The molecule has 1 fully saturated rings. The number of rotatable bonds is 2. The van der Waals surface area contributed by atoms with Gasteiger partial charge in [-0.05, 0) is 48.6 Å². The molecule has 1 aliphatic heterocycles. The van der Waals surface area contributed by atoms with E-state index in [-0.39, 0.29) is 24.0 Å². The fraction of sp³-hybridized carbons (Fsp3) is 0.400. The molecule has 0 radical (unpaired) electrons. The number of fused-ring (bicyclic) bond motifs is 1. The standard InChI is InChI=1S/C20H23FN4O2/c21-15-3-1-2-13(8-15)19-12-25(6-7-27-19)20(26)24-17-10-14-9-16(22)4-5-18(14)23-11-17/h1-3,8,10-11,16,19H,4-7,9,12,22H2,(H,24,26). The molecule has 2 amide bonds. The molecule has 1 aromatic heterocycles. The van der Waals surface area contributed by atoms with E-state index in [2.05, 4.69) is 10.3 Å². The monoisotopic (exact) mass is 370 g/mol. The van der Waals surface area contributed by atoms with Crippen molar-refractivity contribution in [3.05, 3.63) is 59.2 Å². The first-order valence-electron chi connectivity index (χ1n) is 9.25. The lowest BCUT2D eigenvalue weighted by molar-refractivity contribution is -0.0136. The van der Waals surface area contributed by atoms with Crippen molar-refractivity contribution >= 4 is 11.7 Å². The third-order valence-corrected chi connectivity index (χ3v) is 5.12. The first-order valence-corrected chi connectivity index (χ1v) is 9.25. The number of amides is 2. The number of hydrogen-bond acceptors (Lipinski definition) is 4. The predicted molar refractivity (Wildman–Crippen MR) is 99.9 cm³/mol. The van der Waals surface area contributed by atoms with Crippen LogP contribution in [0, 0.1) is 5.82 Å². The molecule has 2 unspecified atom stereocenters. The molecule has 0 saturated carbocycles. The molecular weight excluding hydrogens is 347 g/mol. The molecule has 2 atom stereocenters. The maximum atomic E-state index is 13.5. The number of benzene rings is 1. The minimum atomic E-state index is -0.333. The summed E-state index contributed by atoms with van der Waals surface area (Å²) in [6.45, 7) is 1.27. The van der Waals surface area contributed by atoms with Gasteiger partial charge in [-0.2, -0.15) is 0 Å². The quantitative estimate of drug-likeness (QED) is 0.852. The van der Waals surface area contributed by atoms with Crippen LogP contribution in [0.2, 0.25) is 0 Å². The number of anilines is 1. The van der Waals surface area contributed by atoms with Crippen LogP contribution >= 0.6 is 0 Å². The van der Waals surface area contributed by atoms with E-state index in [0.717, 1.165) is 36.1 Å². The third kappa shape index (κ3) is 4.09. The van der Waals surface area contributed by atoms with E-state index in [0.29, 0.717) is 25.4 Å². The molecule has 0 spiro atoms. The zero-order valence-corrected chi connectivity index (χ0v) is 15.0. The maximum Gasteiger partial charge on any atom is 0.322 e. The summed E-state index contributed by atoms with van der Waals surface area (Å²) < 4.78 is 19.2. The van der Waals surface area contributed by atoms with E-state index in [1.54, 1.807) is 17.2 Å². The summed E-state index contributed by atoms with van der Waals surface area (Å²) in [7, 11) is 0. The number of ether oxygens (including phenoxy) is 1. The number of nitrogens with one attached hydrogen (secondary N) is 1. The van der Waals surface area contributed by atoms with Crippen molar-refractivity contribution in [1.82, 2.24) is 9.88 Å². The summed E-state index contributed by atoms with van der Waals surface area (Å²) >= 11 is 0. The molecule has 142 valence electrons. The van der Waals surface area contributed by atoms with Gasteiger partial charge in [0, 0.05) is 18.3 Å². The lowest BCUT2D eigenvalue weighted by Gasteiger charge is -2.33. The highest BCUT2D eigenvalue weighted by molar-refractivity contribution is 5.89. The topological polar surface area (TPSA) is 80.5 Å². The number of carbonyl (C=O) groups excluding carboxylic acids is 1. The van der Waals surface area contributed by atoms with Crippen LogP contribution in [0.4, 0.5) is 14.9 Å². The number of nitrogens with two attached hydrogens (primary N) is 1. The molecule has 2 aliphatic rings. The van der Waals surface area contributed by atoms with Crippen LogP contribution in [0.15, 0.2) is 36.5 Å².